The first-order valence-corrected chi connectivity index (χ1v) is 9.04. The molecule has 4 aromatic rings. The standard InChI is InChI=1S/C22H17F2N3O2/c1-13-2-5-16(22(28)29)10-18(13)21-26-25-20-9-4-14(12-27(20)21)3-6-15-7-8-17(23)11-19(15)24/h2,4-5,7-12H,3,6H2,1H3,(H,28,29). The fraction of sp³-hybridized carbons (Fsp3) is 0.136. The van der Waals surface area contributed by atoms with Crippen LogP contribution in [0.4, 0.5) is 8.78 Å². The minimum absolute atomic E-state index is 0.172. The van der Waals surface area contributed by atoms with Gasteiger partial charge >= 0.3 is 5.97 Å². The van der Waals surface area contributed by atoms with Crippen LogP contribution in [0, 0.1) is 18.6 Å². The van der Waals surface area contributed by atoms with Crippen LogP contribution in [-0.4, -0.2) is 25.7 Å². The van der Waals surface area contributed by atoms with Crippen LogP contribution in [0.15, 0.2) is 54.7 Å². The van der Waals surface area contributed by atoms with Crippen molar-refractivity contribution in [1.29, 1.82) is 0 Å². The summed E-state index contributed by atoms with van der Waals surface area (Å²) in [6, 6.07) is 12.1. The number of carbonyl (C=O) groups is 1. The maximum Gasteiger partial charge on any atom is 0.335 e. The third-order valence-electron chi connectivity index (χ3n) is 4.89. The van der Waals surface area contributed by atoms with E-state index in [0.29, 0.717) is 35.4 Å². The summed E-state index contributed by atoms with van der Waals surface area (Å²) in [4.78, 5) is 11.3. The summed E-state index contributed by atoms with van der Waals surface area (Å²) in [7, 11) is 0. The Kier molecular flexibility index (Phi) is 4.80. The van der Waals surface area contributed by atoms with Crippen molar-refractivity contribution >= 4 is 11.6 Å². The summed E-state index contributed by atoms with van der Waals surface area (Å²) >= 11 is 0. The lowest BCUT2D eigenvalue weighted by atomic mass is 10.0. The number of aromatic carboxylic acids is 1. The highest BCUT2D eigenvalue weighted by Crippen LogP contribution is 2.24. The van der Waals surface area contributed by atoms with Gasteiger partial charge in [0.25, 0.3) is 0 Å². The highest BCUT2D eigenvalue weighted by molar-refractivity contribution is 5.89. The van der Waals surface area contributed by atoms with Crippen LogP contribution in [0.5, 0.6) is 0 Å². The Morgan fingerprint density at radius 1 is 1.03 bits per heavy atom. The van der Waals surface area contributed by atoms with Crippen LogP contribution in [-0.2, 0) is 12.8 Å². The molecule has 0 aliphatic rings. The predicted octanol–water partition coefficient (Wildman–Crippen LogP) is 4.47. The molecular formula is C22H17F2N3O2. The van der Waals surface area contributed by atoms with Gasteiger partial charge in [0, 0.05) is 17.8 Å². The van der Waals surface area contributed by atoms with Gasteiger partial charge in [-0.25, -0.2) is 13.6 Å². The molecule has 0 radical (unpaired) electrons. The van der Waals surface area contributed by atoms with E-state index in [9.17, 15) is 18.7 Å². The number of halogens is 2. The number of carboxylic acids is 1. The summed E-state index contributed by atoms with van der Waals surface area (Å²) in [5, 5.41) is 17.7. The number of aromatic nitrogens is 3. The van der Waals surface area contributed by atoms with Crippen molar-refractivity contribution in [3.8, 4) is 11.4 Å². The molecule has 2 aromatic carbocycles. The first-order chi connectivity index (χ1) is 13.9. The van der Waals surface area contributed by atoms with Gasteiger partial charge in [-0.15, -0.1) is 10.2 Å². The quantitative estimate of drug-likeness (QED) is 0.543. The van der Waals surface area contributed by atoms with Crippen molar-refractivity contribution in [3.63, 3.8) is 0 Å². The van der Waals surface area contributed by atoms with Crippen LogP contribution in [0.25, 0.3) is 17.0 Å². The Balaban J connectivity index is 1.68. The number of rotatable bonds is 5. The average Bonchev–Trinajstić information content (AvgIpc) is 3.10. The zero-order chi connectivity index (χ0) is 20.5. The normalized spacial score (nSPS) is 11.1. The van der Waals surface area contributed by atoms with Crippen LogP contribution in [0.3, 0.4) is 0 Å². The van der Waals surface area contributed by atoms with Crippen molar-refractivity contribution in [2.45, 2.75) is 19.8 Å². The number of carboxylic acid groups (broad SMARTS) is 1. The lowest BCUT2D eigenvalue weighted by Crippen LogP contribution is -2.00. The van der Waals surface area contributed by atoms with E-state index in [1.165, 1.54) is 12.1 Å². The third-order valence-corrected chi connectivity index (χ3v) is 4.89. The summed E-state index contributed by atoms with van der Waals surface area (Å²) < 4.78 is 28.7. The molecule has 0 atom stereocenters. The lowest BCUT2D eigenvalue weighted by molar-refractivity contribution is 0.0697. The molecule has 0 amide bonds. The highest BCUT2D eigenvalue weighted by atomic mass is 19.1. The molecule has 146 valence electrons. The topological polar surface area (TPSA) is 67.5 Å². The second kappa shape index (κ2) is 7.43. The Morgan fingerprint density at radius 2 is 1.86 bits per heavy atom. The highest BCUT2D eigenvalue weighted by Gasteiger charge is 2.14. The molecule has 0 unspecified atom stereocenters. The second-order valence-electron chi connectivity index (χ2n) is 6.86. The van der Waals surface area contributed by atoms with Gasteiger partial charge in [0.2, 0.25) is 0 Å². The van der Waals surface area contributed by atoms with Crippen LogP contribution in [0.1, 0.15) is 27.0 Å². The number of aryl methyl sites for hydroxylation is 3. The molecule has 0 spiro atoms. The molecule has 2 aromatic heterocycles. The van der Waals surface area contributed by atoms with E-state index in [4.69, 9.17) is 0 Å². The average molecular weight is 393 g/mol. The van der Waals surface area contributed by atoms with Gasteiger partial charge in [0.15, 0.2) is 11.5 Å². The Hall–Kier alpha value is -3.61. The molecule has 0 aliphatic heterocycles. The molecule has 7 heteroatoms. The van der Waals surface area contributed by atoms with E-state index in [-0.39, 0.29) is 5.56 Å². The Morgan fingerprint density at radius 3 is 2.62 bits per heavy atom. The second-order valence-corrected chi connectivity index (χ2v) is 6.86. The molecule has 5 nitrogen and oxygen atoms in total. The number of hydrogen-bond acceptors (Lipinski definition) is 3. The number of fused-ring (bicyclic) bond motifs is 1. The maximum absolute atomic E-state index is 13.9. The monoisotopic (exact) mass is 393 g/mol. The van der Waals surface area contributed by atoms with Gasteiger partial charge in [-0.05, 0) is 60.7 Å². The smallest absolute Gasteiger partial charge is 0.335 e. The maximum atomic E-state index is 13.9. The van der Waals surface area contributed by atoms with Crippen molar-refractivity contribution < 1.29 is 18.7 Å². The van der Waals surface area contributed by atoms with Gasteiger partial charge < -0.3 is 5.11 Å². The van der Waals surface area contributed by atoms with E-state index in [2.05, 4.69) is 10.2 Å². The molecule has 4 rings (SSSR count). The Bertz CT molecular complexity index is 1230. The Labute approximate surface area is 165 Å². The molecule has 0 fully saturated rings. The van der Waals surface area contributed by atoms with Crippen molar-refractivity contribution in [1.82, 2.24) is 14.6 Å². The molecular weight excluding hydrogens is 376 g/mol. The van der Waals surface area contributed by atoms with Crippen LogP contribution >= 0.6 is 0 Å². The molecule has 2 heterocycles. The molecule has 0 saturated carbocycles. The van der Waals surface area contributed by atoms with Crippen LogP contribution < -0.4 is 0 Å². The van der Waals surface area contributed by atoms with Gasteiger partial charge in [-0.3, -0.25) is 4.40 Å². The van der Waals surface area contributed by atoms with Gasteiger partial charge in [-0.2, -0.15) is 0 Å². The van der Waals surface area contributed by atoms with Gasteiger partial charge in [-0.1, -0.05) is 18.2 Å². The van der Waals surface area contributed by atoms with E-state index in [1.54, 1.807) is 22.6 Å². The largest absolute Gasteiger partial charge is 0.478 e. The zero-order valence-electron chi connectivity index (χ0n) is 15.6. The summed E-state index contributed by atoms with van der Waals surface area (Å²) in [5.74, 6) is -1.63. The first-order valence-electron chi connectivity index (χ1n) is 9.04. The minimum Gasteiger partial charge on any atom is -0.478 e. The number of benzene rings is 2. The van der Waals surface area contributed by atoms with Crippen molar-refractivity contribution in [3.05, 3.63) is 88.6 Å². The first kappa shape index (κ1) is 18.7. The minimum atomic E-state index is -1.01. The van der Waals surface area contributed by atoms with E-state index in [0.717, 1.165) is 17.2 Å². The SMILES string of the molecule is Cc1ccc(C(=O)O)cc1-c1nnc2ccc(CCc3ccc(F)cc3F)cn12. The number of hydrogen-bond donors (Lipinski definition) is 1. The zero-order valence-corrected chi connectivity index (χ0v) is 15.6. The van der Waals surface area contributed by atoms with Crippen molar-refractivity contribution in [2.75, 3.05) is 0 Å². The third kappa shape index (κ3) is 3.71. The fourth-order valence-corrected chi connectivity index (χ4v) is 3.27. The van der Waals surface area contributed by atoms with E-state index < -0.39 is 17.6 Å². The number of nitrogens with zero attached hydrogens (tertiary/aromatic N) is 3. The fourth-order valence-electron chi connectivity index (χ4n) is 3.27. The number of pyridine rings is 1. The van der Waals surface area contributed by atoms with E-state index in [1.807, 2.05) is 25.3 Å². The summed E-state index contributed by atoms with van der Waals surface area (Å²) in [6.45, 7) is 1.88. The van der Waals surface area contributed by atoms with Crippen molar-refractivity contribution in [2.24, 2.45) is 0 Å². The molecule has 29 heavy (non-hydrogen) atoms. The molecule has 0 saturated heterocycles. The summed E-state index contributed by atoms with van der Waals surface area (Å²) in [5.41, 5.74) is 3.72. The predicted molar refractivity (Wildman–Crippen MR) is 104 cm³/mol. The van der Waals surface area contributed by atoms with Gasteiger partial charge in [0.1, 0.15) is 11.6 Å². The lowest BCUT2D eigenvalue weighted by Gasteiger charge is -2.08. The van der Waals surface area contributed by atoms with Crippen LogP contribution in [0.2, 0.25) is 0 Å². The summed E-state index contributed by atoms with van der Waals surface area (Å²) in [6.07, 6.45) is 2.83. The molecule has 0 aliphatic carbocycles. The van der Waals surface area contributed by atoms with E-state index >= 15 is 0 Å². The molecule has 1 N–H and O–H groups in total. The van der Waals surface area contributed by atoms with Gasteiger partial charge in [0.05, 0.1) is 5.56 Å². The molecule has 0 bridgehead atoms.